The lowest BCUT2D eigenvalue weighted by Gasteiger charge is -2.15. The molecular weight excluding hydrogens is 347 g/mol. The molecule has 2 heterocycles. The number of hydrogen-bond acceptors (Lipinski definition) is 3. The fraction of sp³-hybridized carbons (Fsp3) is 0.250. The second kappa shape index (κ2) is 5.90. The van der Waals surface area contributed by atoms with Crippen LogP contribution in [0.3, 0.4) is 0 Å². The molecule has 0 saturated heterocycles. The number of hydrogen-bond donors (Lipinski definition) is 1. The number of fused-ring (bicyclic) bond motifs is 3. The summed E-state index contributed by atoms with van der Waals surface area (Å²) in [6, 6.07) is 12.9. The Morgan fingerprint density at radius 2 is 2.00 bits per heavy atom. The maximum Gasteiger partial charge on any atom is 0.253 e. The molecule has 0 bridgehead atoms. The predicted octanol–water partition coefficient (Wildman–Crippen LogP) is 3.25. The van der Waals surface area contributed by atoms with E-state index in [9.17, 15) is 14.0 Å². The van der Waals surface area contributed by atoms with E-state index in [0.29, 0.717) is 11.6 Å². The Bertz CT molecular complexity index is 1070. The van der Waals surface area contributed by atoms with E-state index in [0.717, 1.165) is 23.9 Å². The van der Waals surface area contributed by atoms with E-state index in [-0.39, 0.29) is 24.3 Å². The van der Waals surface area contributed by atoms with Crippen LogP contribution in [0.1, 0.15) is 25.3 Å². The van der Waals surface area contributed by atoms with Crippen molar-refractivity contribution >= 4 is 34.5 Å². The number of imidazole rings is 1. The third-order valence-electron chi connectivity index (χ3n) is 5.03. The molecule has 1 fully saturated rings. The number of carbonyl (C=O) groups excluding carboxylic acids is 2. The summed E-state index contributed by atoms with van der Waals surface area (Å²) in [5.74, 6) is -0.236. The van der Waals surface area contributed by atoms with Crippen LogP contribution in [0.5, 0.6) is 0 Å². The van der Waals surface area contributed by atoms with Crippen LogP contribution < -0.4 is 10.2 Å². The molecule has 1 saturated carbocycles. The van der Waals surface area contributed by atoms with Gasteiger partial charge in [-0.05, 0) is 43.2 Å². The molecule has 0 radical (unpaired) electrons. The molecule has 2 aromatic carbocycles. The van der Waals surface area contributed by atoms with Crippen LogP contribution >= 0.6 is 0 Å². The summed E-state index contributed by atoms with van der Waals surface area (Å²) in [5, 5.41) is 2.68. The maximum absolute atomic E-state index is 13.3. The Balaban J connectivity index is 1.47. The molecule has 0 spiro atoms. The SMILES string of the molecule is O=C(C[C@H]1C(=O)N(C2CC2)c2nc3ccccc3n21)Nc1cccc(F)c1. The molecule has 6 nitrogen and oxygen atoms in total. The van der Waals surface area contributed by atoms with Gasteiger partial charge in [0.15, 0.2) is 0 Å². The van der Waals surface area contributed by atoms with E-state index < -0.39 is 11.9 Å². The average molecular weight is 364 g/mol. The van der Waals surface area contributed by atoms with Gasteiger partial charge in [-0.2, -0.15) is 0 Å². The topological polar surface area (TPSA) is 67.2 Å². The molecule has 2 amide bonds. The fourth-order valence-electron chi connectivity index (χ4n) is 3.69. The normalized spacial score (nSPS) is 18.8. The molecular formula is C20H17FN4O2. The maximum atomic E-state index is 13.3. The monoisotopic (exact) mass is 364 g/mol. The third-order valence-corrected chi connectivity index (χ3v) is 5.03. The highest BCUT2D eigenvalue weighted by molar-refractivity contribution is 6.05. The predicted molar refractivity (Wildman–Crippen MR) is 98.9 cm³/mol. The van der Waals surface area contributed by atoms with Crippen LogP contribution in [0.4, 0.5) is 16.0 Å². The standard InChI is InChI=1S/C20H17FN4O2/c21-12-4-3-5-13(10-12)22-18(26)11-17-19(27)24(14-8-9-14)20-23-15-6-1-2-7-16(15)25(17)20/h1-7,10,14,17H,8-9,11H2,(H,22,26)/t17-/m0/s1. The smallest absolute Gasteiger partial charge is 0.253 e. The number of nitrogens with zero attached hydrogens (tertiary/aromatic N) is 3. The van der Waals surface area contributed by atoms with Crippen LogP contribution in [0.2, 0.25) is 0 Å². The van der Waals surface area contributed by atoms with Gasteiger partial charge in [-0.3, -0.25) is 19.1 Å². The number of halogens is 1. The van der Waals surface area contributed by atoms with Gasteiger partial charge in [0, 0.05) is 11.7 Å². The van der Waals surface area contributed by atoms with Gasteiger partial charge < -0.3 is 5.32 Å². The molecule has 1 aromatic heterocycles. The number of anilines is 2. The molecule has 2 aliphatic rings. The first-order valence-corrected chi connectivity index (χ1v) is 8.97. The zero-order chi connectivity index (χ0) is 18.5. The zero-order valence-corrected chi connectivity index (χ0v) is 14.4. The number of nitrogens with one attached hydrogen (secondary N) is 1. The van der Waals surface area contributed by atoms with Crippen molar-refractivity contribution in [2.24, 2.45) is 0 Å². The Hall–Kier alpha value is -3.22. The Morgan fingerprint density at radius 3 is 2.78 bits per heavy atom. The molecule has 5 rings (SSSR count). The summed E-state index contributed by atoms with van der Waals surface area (Å²) in [4.78, 5) is 31.9. The summed E-state index contributed by atoms with van der Waals surface area (Å²) in [6.07, 6.45) is 1.89. The number of rotatable bonds is 4. The van der Waals surface area contributed by atoms with Gasteiger partial charge in [-0.25, -0.2) is 9.37 Å². The Kier molecular flexibility index (Phi) is 3.50. The first-order valence-electron chi connectivity index (χ1n) is 8.97. The average Bonchev–Trinajstić information content (AvgIpc) is 3.34. The van der Waals surface area contributed by atoms with Crippen molar-refractivity contribution in [2.45, 2.75) is 31.3 Å². The lowest BCUT2D eigenvalue weighted by atomic mass is 10.1. The summed E-state index contributed by atoms with van der Waals surface area (Å²) in [5.41, 5.74) is 2.02. The van der Waals surface area contributed by atoms with Crippen molar-refractivity contribution < 1.29 is 14.0 Å². The van der Waals surface area contributed by atoms with E-state index in [1.165, 1.54) is 18.2 Å². The summed E-state index contributed by atoms with van der Waals surface area (Å²) < 4.78 is 15.2. The quantitative estimate of drug-likeness (QED) is 0.773. The van der Waals surface area contributed by atoms with Gasteiger partial charge in [0.2, 0.25) is 11.9 Å². The molecule has 1 aliphatic carbocycles. The van der Waals surface area contributed by atoms with Crippen LogP contribution in [0.25, 0.3) is 11.0 Å². The largest absolute Gasteiger partial charge is 0.326 e. The molecule has 1 aliphatic heterocycles. The van der Waals surface area contributed by atoms with Crippen molar-refractivity contribution in [3.05, 3.63) is 54.3 Å². The summed E-state index contributed by atoms with van der Waals surface area (Å²) in [6.45, 7) is 0. The van der Waals surface area contributed by atoms with E-state index in [2.05, 4.69) is 10.3 Å². The fourth-order valence-corrected chi connectivity index (χ4v) is 3.69. The van der Waals surface area contributed by atoms with E-state index in [1.807, 2.05) is 28.8 Å². The van der Waals surface area contributed by atoms with Gasteiger partial charge in [-0.15, -0.1) is 0 Å². The van der Waals surface area contributed by atoms with Crippen LogP contribution in [-0.4, -0.2) is 27.4 Å². The van der Waals surface area contributed by atoms with Gasteiger partial charge in [0.25, 0.3) is 5.91 Å². The number of para-hydroxylation sites is 2. The zero-order valence-electron chi connectivity index (χ0n) is 14.4. The minimum atomic E-state index is -0.637. The van der Waals surface area contributed by atoms with Crippen molar-refractivity contribution in [3.63, 3.8) is 0 Å². The highest BCUT2D eigenvalue weighted by Gasteiger charge is 2.47. The highest BCUT2D eigenvalue weighted by Crippen LogP contribution is 2.42. The number of amides is 2. The third kappa shape index (κ3) is 2.66. The van der Waals surface area contributed by atoms with Crippen LogP contribution in [0, 0.1) is 5.82 Å². The van der Waals surface area contributed by atoms with Crippen molar-refractivity contribution in [3.8, 4) is 0 Å². The highest BCUT2D eigenvalue weighted by atomic mass is 19.1. The molecule has 1 N–H and O–H groups in total. The van der Waals surface area contributed by atoms with E-state index in [4.69, 9.17) is 0 Å². The molecule has 27 heavy (non-hydrogen) atoms. The number of benzene rings is 2. The minimum absolute atomic E-state index is 0.0219. The molecule has 136 valence electrons. The first kappa shape index (κ1) is 16.0. The van der Waals surface area contributed by atoms with Crippen LogP contribution in [-0.2, 0) is 9.59 Å². The molecule has 1 atom stereocenters. The number of aromatic nitrogens is 2. The molecule has 3 aromatic rings. The van der Waals surface area contributed by atoms with Crippen molar-refractivity contribution in [2.75, 3.05) is 10.2 Å². The van der Waals surface area contributed by atoms with E-state index in [1.54, 1.807) is 11.0 Å². The lowest BCUT2D eigenvalue weighted by molar-refractivity contribution is -0.124. The first-order chi connectivity index (χ1) is 13.1. The molecule has 0 unspecified atom stereocenters. The minimum Gasteiger partial charge on any atom is -0.326 e. The molecule has 7 heteroatoms. The Labute approximate surface area is 154 Å². The van der Waals surface area contributed by atoms with E-state index >= 15 is 0 Å². The van der Waals surface area contributed by atoms with Gasteiger partial charge >= 0.3 is 0 Å². The van der Waals surface area contributed by atoms with Gasteiger partial charge in [0.1, 0.15) is 11.9 Å². The Morgan fingerprint density at radius 1 is 1.19 bits per heavy atom. The van der Waals surface area contributed by atoms with Gasteiger partial charge in [0.05, 0.1) is 17.5 Å². The number of carbonyl (C=O) groups is 2. The van der Waals surface area contributed by atoms with Gasteiger partial charge in [-0.1, -0.05) is 18.2 Å². The van der Waals surface area contributed by atoms with Crippen molar-refractivity contribution in [1.29, 1.82) is 0 Å². The van der Waals surface area contributed by atoms with Crippen molar-refractivity contribution in [1.82, 2.24) is 9.55 Å². The lowest BCUT2D eigenvalue weighted by Crippen LogP contribution is -2.33. The second-order valence-corrected chi connectivity index (χ2v) is 6.99. The summed E-state index contributed by atoms with van der Waals surface area (Å²) in [7, 11) is 0. The van der Waals surface area contributed by atoms with Crippen LogP contribution in [0.15, 0.2) is 48.5 Å². The summed E-state index contributed by atoms with van der Waals surface area (Å²) >= 11 is 0. The second-order valence-electron chi connectivity index (χ2n) is 6.99.